The third kappa shape index (κ3) is 2.51. The highest BCUT2D eigenvalue weighted by molar-refractivity contribution is 5.68. The third-order valence-corrected chi connectivity index (χ3v) is 3.63. The Morgan fingerprint density at radius 1 is 1.50 bits per heavy atom. The normalized spacial score (nSPS) is 19.7. The molecule has 0 saturated carbocycles. The standard InChI is InChI=1S/C13H17FN2O2/c1-13(7-12(17)18,16-4-2-3-5-16)10-6-11(14)9-15-8-10/h6,8-9H,2-5,7H2,1H3,(H,17,18). The molecule has 1 saturated heterocycles. The summed E-state index contributed by atoms with van der Waals surface area (Å²) in [5, 5.41) is 9.10. The summed E-state index contributed by atoms with van der Waals surface area (Å²) >= 11 is 0. The molecule has 1 aliphatic heterocycles. The second-order valence-electron chi connectivity index (χ2n) is 4.93. The van der Waals surface area contributed by atoms with Crippen LogP contribution in [0.3, 0.4) is 0 Å². The first-order valence-corrected chi connectivity index (χ1v) is 6.10. The van der Waals surface area contributed by atoms with Gasteiger partial charge in [0, 0.05) is 6.20 Å². The third-order valence-electron chi connectivity index (χ3n) is 3.63. The van der Waals surface area contributed by atoms with Crippen molar-refractivity contribution in [2.75, 3.05) is 13.1 Å². The summed E-state index contributed by atoms with van der Waals surface area (Å²) in [4.78, 5) is 17.0. The van der Waals surface area contributed by atoms with Crippen LogP contribution in [0.4, 0.5) is 4.39 Å². The maximum atomic E-state index is 13.3. The fourth-order valence-corrected chi connectivity index (χ4v) is 2.61. The Bertz CT molecular complexity index is 446. The van der Waals surface area contributed by atoms with Crippen LogP contribution in [0.15, 0.2) is 18.5 Å². The zero-order valence-corrected chi connectivity index (χ0v) is 10.4. The molecule has 0 spiro atoms. The Labute approximate surface area is 105 Å². The summed E-state index contributed by atoms with van der Waals surface area (Å²) < 4.78 is 13.3. The van der Waals surface area contributed by atoms with Gasteiger partial charge in [-0.15, -0.1) is 0 Å². The van der Waals surface area contributed by atoms with E-state index in [-0.39, 0.29) is 6.42 Å². The molecule has 1 atom stereocenters. The van der Waals surface area contributed by atoms with Crippen LogP contribution in [0, 0.1) is 5.82 Å². The zero-order chi connectivity index (χ0) is 13.2. The summed E-state index contributed by atoms with van der Waals surface area (Å²) in [6, 6.07) is 1.38. The van der Waals surface area contributed by atoms with Crippen molar-refractivity contribution in [2.45, 2.75) is 31.7 Å². The molecule has 1 aliphatic rings. The van der Waals surface area contributed by atoms with E-state index in [2.05, 4.69) is 9.88 Å². The number of nitrogens with zero attached hydrogens (tertiary/aromatic N) is 2. The second-order valence-corrected chi connectivity index (χ2v) is 4.93. The summed E-state index contributed by atoms with van der Waals surface area (Å²) in [6.07, 6.45) is 4.76. The lowest BCUT2D eigenvalue weighted by Gasteiger charge is -2.38. The van der Waals surface area contributed by atoms with Crippen molar-refractivity contribution in [3.63, 3.8) is 0 Å². The number of likely N-dealkylation sites (tertiary alicyclic amines) is 1. The van der Waals surface area contributed by atoms with Crippen LogP contribution in [-0.4, -0.2) is 34.0 Å². The van der Waals surface area contributed by atoms with Gasteiger partial charge < -0.3 is 5.11 Å². The average molecular weight is 252 g/mol. The van der Waals surface area contributed by atoms with Crippen molar-refractivity contribution in [1.29, 1.82) is 0 Å². The molecule has 18 heavy (non-hydrogen) atoms. The van der Waals surface area contributed by atoms with E-state index in [0.717, 1.165) is 32.1 Å². The number of hydrogen-bond donors (Lipinski definition) is 1. The van der Waals surface area contributed by atoms with Gasteiger partial charge in [-0.1, -0.05) is 0 Å². The molecule has 1 aromatic heterocycles. The van der Waals surface area contributed by atoms with E-state index >= 15 is 0 Å². The first-order valence-electron chi connectivity index (χ1n) is 6.10. The van der Waals surface area contributed by atoms with Gasteiger partial charge >= 0.3 is 5.97 Å². The molecular formula is C13H17FN2O2. The number of aliphatic carboxylic acids is 1. The molecule has 0 aliphatic carbocycles. The van der Waals surface area contributed by atoms with Crippen molar-refractivity contribution in [1.82, 2.24) is 9.88 Å². The molecule has 5 heteroatoms. The molecule has 1 aromatic rings. The lowest BCUT2D eigenvalue weighted by Crippen LogP contribution is -2.43. The molecule has 1 fully saturated rings. The average Bonchev–Trinajstić information content (AvgIpc) is 2.81. The molecule has 98 valence electrons. The molecule has 1 N–H and O–H groups in total. The second kappa shape index (κ2) is 5.02. The van der Waals surface area contributed by atoms with E-state index in [1.54, 1.807) is 6.20 Å². The molecule has 0 bridgehead atoms. The van der Waals surface area contributed by atoms with Crippen molar-refractivity contribution >= 4 is 5.97 Å². The number of carbonyl (C=O) groups is 1. The van der Waals surface area contributed by atoms with E-state index in [0.29, 0.717) is 5.56 Å². The Hall–Kier alpha value is -1.49. The van der Waals surface area contributed by atoms with E-state index in [4.69, 9.17) is 5.11 Å². The first kappa shape index (κ1) is 13.0. The maximum absolute atomic E-state index is 13.3. The largest absolute Gasteiger partial charge is 0.481 e. The van der Waals surface area contributed by atoms with Gasteiger partial charge in [0.2, 0.25) is 0 Å². The van der Waals surface area contributed by atoms with E-state index in [1.165, 1.54) is 6.07 Å². The highest BCUT2D eigenvalue weighted by Gasteiger charge is 2.37. The van der Waals surface area contributed by atoms with Crippen molar-refractivity contribution in [3.05, 3.63) is 29.8 Å². The van der Waals surface area contributed by atoms with Gasteiger partial charge in [-0.25, -0.2) is 4.39 Å². The minimum Gasteiger partial charge on any atom is -0.481 e. The molecule has 4 nitrogen and oxygen atoms in total. The Balaban J connectivity index is 2.37. The lowest BCUT2D eigenvalue weighted by molar-refractivity contribution is -0.140. The minimum absolute atomic E-state index is 0.0435. The summed E-state index contributed by atoms with van der Waals surface area (Å²) in [7, 11) is 0. The molecule has 2 rings (SSSR count). The van der Waals surface area contributed by atoms with Crippen molar-refractivity contribution in [3.8, 4) is 0 Å². The van der Waals surface area contributed by atoms with Gasteiger partial charge in [-0.3, -0.25) is 14.7 Å². The molecule has 2 heterocycles. The van der Waals surface area contributed by atoms with Crippen LogP contribution in [-0.2, 0) is 10.3 Å². The zero-order valence-electron chi connectivity index (χ0n) is 10.4. The van der Waals surface area contributed by atoms with Gasteiger partial charge in [-0.2, -0.15) is 0 Å². The number of hydrogen-bond acceptors (Lipinski definition) is 3. The summed E-state index contributed by atoms with van der Waals surface area (Å²) in [6.45, 7) is 3.55. The Morgan fingerprint density at radius 2 is 2.17 bits per heavy atom. The van der Waals surface area contributed by atoms with Crippen molar-refractivity contribution < 1.29 is 14.3 Å². The van der Waals surface area contributed by atoms with Crippen LogP contribution in [0.2, 0.25) is 0 Å². The number of aromatic nitrogens is 1. The SMILES string of the molecule is CC(CC(=O)O)(c1cncc(F)c1)N1CCCC1. The van der Waals surface area contributed by atoms with E-state index in [9.17, 15) is 9.18 Å². The van der Waals surface area contributed by atoms with Gasteiger partial charge in [0.15, 0.2) is 0 Å². The molecular weight excluding hydrogens is 235 g/mol. The number of carboxylic acid groups (broad SMARTS) is 1. The van der Waals surface area contributed by atoms with Crippen LogP contribution in [0.25, 0.3) is 0 Å². The number of halogens is 1. The van der Waals surface area contributed by atoms with Crippen LogP contribution >= 0.6 is 0 Å². The lowest BCUT2D eigenvalue weighted by atomic mass is 9.88. The summed E-state index contributed by atoms with van der Waals surface area (Å²) in [5.74, 6) is -1.31. The molecule has 0 radical (unpaired) electrons. The van der Waals surface area contributed by atoms with Crippen LogP contribution in [0.1, 0.15) is 31.7 Å². The molecule has 0 aromatic carbocycles. The number of carboxylic acids is 1. The van der Waals surface area contributed by atoms with Crippen molar-refractivity contribution in [2.24, 2.45) is 0 Å². The first-order chi connectivity index (χ1) is 8.52. The maximum Gasteiger partial charge on any atom is 0.305 e. The summed E-state index contributed by atoms with van der Waals surface area (Å²) in [5.41, 5.74) is -0.0518. The quantitative estimate of drug-likeness (QED) is 0.890. The minimum atomic E-state index is -0.881. The predicted octanol–water partition coefficient (Wildman–Crippen LogP) is 2.01. The van der Waals surface area contributed by atoms with E-state index in [1.807, 2.05) is 6.92 Å². The van der Waals surface area contributed by atoms with Gasteiger partial charge in [0.1, 0.15) is 5.82 Å². The monoisotopic (exact) mass is 252 g/mol. The topological polar surface area (TPSA) is 53.4 Å². The Kier molecular flexibility index (Phi) is 3.61. The fourth-order valence-electron chi connectivity index (χ4n) is 2.61. The smallest absolute Gasteiger partial charge is 0.305 e. The van der Waals surface area contributed by atoms with Crippen LogP contribution < -0.4 is 0 Å². The fraction of sp³-hybridized carbons (Fsp3) is 0.538. The van der Waals surface area contributed by atoms with Gasteiger partial charge in [0.05, 0.1) is 18.2 Å². The highest BCUT2D eigenvalue weighted by atomic mass is 19.1. The molecule has 1 unspecified atom stereocenters. The predicted molar refractivity (Wildman–Crippen MR) is 64.6 cm³/mol. The van der Waals surface area contributed by atoms with Gasteiger partial charge in [0.25, 0.3) is 0 Å². The Morgan fingerprint density at radius 3 is 2.72 bits per heavy atom. The number of rotatable bonds is 4. The highest BCUT2D eigenvalue weighted by Crippen LogP contribution is 2.34. The van der Waals surface area contributed by atoms with Crippen LogP contribution in [0.5, 0.6) is 0 Å². The number of pyridine rings is 1. The van der Waals surface area contributed by atoms with E-state index < -0.39 is 17.3 Å². The molecule has 0 amide bonds. The van der Waals surface area contributed by atoms with Gasteiger partial charge in [-0.05, 0) is 44.5 Å².